The maximum atomic E-state index is 13.3. The standard InChI is InChI=1S/C34H34N4O2S2/c1-4-7-8-22-9-14-27-28(17-22)34(40)32(33(27)39)23(21-35)18-26-19-29-30(41-26)20-31(42-29)37-36-24-10-12-25(13-11-24)38(15-5-2)16-6-3/h9-14,17-20,32H,4-8,15-16H2,1-3H3/b23-18+,37-36+. The molecule has 1 atom stereocenters. The molecule has 2 heterocycles. The molecule has 0 saturated heterocycles. The minimum atomic E-state index is -1.07. The number of carbonyl (C=O) groups excluding carboxylic acids is 2. The lowest BCUT2D eigenvalue weighted by Crippen LogP contribution is -2.24. The summed E-state index contributed by atoms with van der Waals surface area (Å²) in [6.45, 7) is 8.58. The molecule has 0 amide bonds. The SMILES string of the molecule is CCCCc1ccc2c(c1)C(=O)C(/C(C#N)=C/c1cc3sc(/N=N/c4ccc(N(CCC)CCC)cc4)cc3s1)C2=O. The Morgan fingerprint density at radius 2 is 1.60 bits per heavy atom. The van der Waals surface area contributed by atoms with Gasteiger partial charge in [-0.05, 0) is 79.8 Å². The molecule has 1 aliphatic rings. The molecule has 5 rings (SSSR count). The van der Waals surface area contributed by atoms with Crippen molar-refractivity contribution >= 4 is 66.1 Å². The Kier molecular flexibility index (Phi) is 9.41. The normalized spacial score (nSPS) is 15.1. The first-order chi connectivity index (χ1) is 20.4. The van der Waals surface area contributed by atoms with E-state index in [1.807, 2.05) is 36.4 Å². The average Bonchev–Trinajstić information content (AvgIpc) is 3.63. The van der Waals surface area contributed by atoms with E-state index in [2.05, 4.69) is 54.1 Å². The number of benzene rings is 2. The van der Waals surface area contributed by atoms with Crippen molar-refractivity contribution in [1.82, 2.24) is 0 Å². The Balaban J connectivity index is 1.30. The van der Waals surface area contributed by atoms with Gasteiger partial charge in [0.2, 0.25) is 0 Å². The molecule has 42 heavy (non-hydrogen) atoms. The van der Waals surface area contributed by atoms with Crippen LogP contribution in [0.5, 0.6) is 0 Å². The van der Waals surface area contributed by atoms with E-state index >= 15 is 0 Å². The molecule has 0 saturated carbocycles. The fraction of sp³-hybridized carbons (Fsp3) is 0.324. The van der Waals surface area contributed by atoms with E-state index in [4.69, 9.17) is 0 Å². The summed E-state index contributed by atoms with van der Waals surface area (Å²) in [5.41, 5.74) is 4.10. The van der Waals surface area contributed by atoms with Gasteiger partial charge >= 0.3 is 0 Å². The van der Waals surface area contributed by atoms with Crippen molar-refractivity contribution in [3.05, 3.63) is 81.7 Å². The smallest absolute Gasteiger partial charge is 0.179 e. The van der Waals surface area contributed by atoms with Crippen LogP contribution in [0.25, 0.3) is 15.5 Å². The number of allylic oxidation sites excluding steroid dienone is 1. The van der Waals surface area contributed by atoms with Gasteiger partial charge in [0.1, 0.15) is 10.9 Å². The lowest BCUT2D eigenvalue weighted by Gasteiger charge is -2.23. The van der Waals surface area contributed by atoms with Crippen molar-refractivity contribution in [3.63, 3.8) is 0 Å². The Morgan fingerprint density at radius 3 is 2.26 bits per heavy atom. The van der Waals surface area contributed by atoms with Crippen molar-refractivity contribution in [2.24, 2.45) is 16.1 Å². The number of anilines is 1. The first kappa shape index (κ1) is 29.6. The third-order valence-corrected chi connectivity index (χ3v) is 9.50. The number of hydrogen-bond acceptors (Lipinski definition) is 8. The zero-order valence-electron chi connectivity index (χ0n) is 24.2. The first-order valence-corrected chi connectivity index (χ1v) is 16.2. The number of thiophene rings is 2. The summed E-state index contributed by atoms with van der Waals surface area (Å²) < 4.78 is 2.05. The van der Waals surface area contributed by atoms with Crippen LogP contribution in [0.2, 0.25) is 0 Å². The summed E-state index contributed by atoms with van der Waals surface area (Å²) in [6.07, 6.45) is 6.85. The average molecular weight is 595 g/mol. The lowest BCUT2D eigenvalue weighted by molar-refractivity contribution is 0.0867. The molecule has 8 heteroatoms. The van der Waals surface area contributed by atoms with E-state index < -0.39 is 5.92 Å². The van der Waals surface area contributed by atoms with E-state index in [1.165, 1.54) is 28.4 Å². The topological polar surface area (TPSA) is 85.9 Å². The van der Waals surface area contributed by atoms with Crippen LogP contribution >= 0.6 is 22.7 Å². The number of azo groups is 1. The van der Waals surface area contributed by atoms with Crippen LogP contribution in [0.1, 0.15) is 77.6 Å². The van der Waals surface area contributed by atoms with Crippen LogP contribution in [-0.4, -0.2) is 24.7 Å². The van der Waals surface area contributed by atoms with Crippen molar-refractivity contribution in [1.29, 1.82) is 5.26 Å². The number of ketones is 2. The summed E-state index contributed by atoms with van der Waals surface area (Å²) in [5, 5.41) is 19.6. The summed E-state index contributed by atoms with van der Waals surface area (Å²) >= 11 is 3.03. The van der Waals surface area contributed by atoms with Crippen molar-refractivity contribution in [3.8, 4) is 6.07 Å². The third kappa shape index (κ3) is 6.28. The summed E-state index contributed by atoms with van der Waals surface area (Å²) in [6, 6.07) is 19.8. The largest absolute Gasteiger partial charge is 0.372 e. The molecule has 1 aliphatic carbocycles. The van der Waals surface area contributed by atoms with Crippen molar-refractivity contribution in [2.75, 3.05) is 18.0 Å². The Labute approximate surface area is 255 Å². The zero-order valence-corrected chi connectivity index (χ0v) is 25.9. The van der Waals surface area contributed by atoms with Gasteiger partial charge in [0.15, 0.2) is 11.6 Å². The lowest BCUT2D eigenvalue weighted by atomic mass is 9.94. The molecule has 4 aromatic rings. The molecule has 0 aliphatic heterocycles. The van der Waals surface area contributed by atoms with Gasteiger partial charge in [-0.15, -0.1) is 32.9 Å². The van der Waals surface area contributed by atoms with Crippen molar-refractivity contribution in [2.45, 2.75) is 52.9 Å². The molecular weight excluding hydrogens is 561 g/mol. The number of nitrogens with zero attached hydrogens (tertiary/aromatic N) is 4. The van der Waals surface area contributed by atoms with Crippen LogP contribution in [0.4, 0.5) is 16.4 Å². The Bertz CT molecular complexity index is 1670. The fourth-order valence-corrected chi connectivity index (χ4v) is 7.48. The van der Waals surface area contributed by atoms with E-state index in [9.17, 15) is 14.9 Å². The van der Waals surface area contributed by atoms with Gasteiger partial charge in [0.25, 0.3) is 0 Å². The second-order valence-corrected chi connectivity index (χ2v) is 12.7. The number of unbranched alkanes of at least 4 members (excludes halogenated alkanes) is 1. The minimum Gasteiger partial charge on any atom is -0.372 e. The maximum absolute atomic E-state index is 13.3. The molecule has 2 aromatic carbocycles. The fourth-order valence-electron chi connectivity index (χ4n) is 5.30. The highest BCUT2D eigenvalue weighted by molar-refractivity contribution is 7.30. The monoisotopic (exact) mass is 594 g/mol. The molecule has 0 fully saturated rings. The quantitative estimate of drug-likeness (QED) is 0.0928. The third-order valence-electron chi connectivity index (χ3n) is 7.38. The molecule has 0 spiro atoms. The first-order valence-electron chi connectivity index (χ1n) is 14.6. The van der Waals surface area contributed by atoms with E-state index in [0.29, 0.717) is 11.1 Å². The van der Waals surface area contributed by atoms with Gasteiger partial charge in [0.05, 0.1) is 11.8 Å². The molecule has 2 aromatic heterocycles. The van der Waals surface area contributed by atoms with Gasteiger partial charge in [-0.25, -0.2) is 0 Å². The van der Waals surface area contributed by atoms with Gasteiger partial charge < -0.3 is 4.90 Å². The highest BCUT2D eigenvalue weighted by Crippen LogP contribution is 2.40. The highest BCUT2D eigenvalue weighted by Gasteiger charge is 2.41. The van der Waals surface area contributed by atoms with Crippen LogP contribution in [0, 0.1) is 17.2 Å². The van der Waals surface area contributed by atoms with E-state index in [0.717, 1.165) is 75.7 Å². The number of Topliss-reactive ketones (excluding diaryl/α,β-unsaturated/α-hetero) is 2. The Hall–Kier alpha value is -3.93. The van der Waals surface area contributed by atoms with Gasteiger partial charge in [-0.1, -0.05) is 39.3 Å². The number of rotatable bonds is 12. The number of nitriles is 1. The number of hydrogen-bond donors (Lipinski definition) is 0. The summed E-state index contributed by atoms with van der Waals surface area (Å²) in [7, 11) is 0. The minimum absolute atomic E-state index is 0.185. The molecule has 0 bridgehead atoms. The van der Waals surface area contributed by atoms with Crippen LogP contribution in [-0.2, 0) is 6.42 Å². The molecule has 214 valence electrons. The highest BCUT2D eigenvalue weighted by atomic mass is 32.1. The second-order valence-electron chi connectivity index (χ2n) is 10.5. The van der Waals surface area contributed by atoms with Crippen molar-refractivity contribution < 1.29 is 9.59 Å². The van der Waals surface area contributed by atoms with E-state index in [1.54, 1.807) is 12.1 Å². The second kappa shape index (κ2) is 13.4. The molecule has 0 N–H and O–H groups in total. The Morgan fingerprint density at radius 1 is 0.881 bits per heavy atom. The molecule has 0 radical (unpaired) electrons. The molecule has 1 unspecified atom stereocenters. The predicted octanol–water partition coefficient (Wildman–Crippen LogP) is 9.95. The van der Waals surface area contributed by atoms with E-state index in [-0.39, 0.29) is 17.1 Å². The predicted molar refractivity (Wildman–Crippen MR) is 174 cm³/mol. The van der Waals surface area contributed by atoms with Gasteiger partial charge in [0, 0.05) is 49.8 Å². The summed E-state index contributed by atoms with van der Waals surface area (Å²) in [4.78, 5) is 29.6. The van der Waals surface area contributed by atoms with Crippen LogP contribution in [0.3, 0.4) is 0 Å². The molecule has 6 nitrogen and oxygen atoms in total. The number of aryl methyl sites for hydroxylation is 1. The number of fused-ring (bicyclic) bond motifs is 2. The maximum Gasteiger partial charge on any atom is 0.179 e. The number of carbonyl (C=O) groups is 2. The van der Waals surface area contributed by atoms with Gasteiger partial charge in [-0.3, -0.25) is 9.59 Å². The van der Waals surface area contributed by atoms with Crippen LogP contribution < -0.4 is 4.90 Å². The van der Waals surface area contributed by atoms with Gasteiger partial charge in [-0.2, -0.15) is 5.26 Å². The summed E-state index contributed by atoms with van der Waals surface area (Å²) in [5.74, 6) is -1.64. The molecular formula is C34H34N4O2S2. The zero-order chi connectivity index (χ0) is 29.6. The van der Waals surface area contributed by atoms with Crippen LogP contribution in [0.15, 0.2) is 70.4 Å².